The van der Waals surface area contributed by atoms with Gasteiger partial charge < -0.3 is 9.47 Å². The van der Waals surface area contributed by atoms with Crippen LogP contribution < -0.4 is 4.74 Å². The zero-order chi connectivity index (χ0) is 21.6. The molecule has 3 aromatic rings. The lowest BCUT2D eigenvalue weighted by Crippen LogP contribution is -2.27. The minimum absolute atomic E-state index is 0.0118. The van der Waals surface area contributed by atoms with Gasteiger partial charge in [0.2, 0.25) is 0 Å². The summed E-state index contributed by atoms with van der Waals surface area (Å²) in [5.74, 6) is 0.800. The zero-order valence-electron chi connectivity index (χ0n) is 18.7. The first-order valence-corrected chi connectivity index (χ1v) is 9.95. The topological polar surface area (TPSA) is 40.5 Å². The van der Waals surface area contributed by atoms with Crippen LogP contribution in [-0.4, -0.2) is 23.4 Å². The molecule has 0 saturated heterocycles. The fourth-order valence-electron chi connectivity index (χ4n) is 3.49. The smallest absolute Gasteiger partial charge is 0.419 e. The number of hydrogen-bond acceptors (Lipinski definition) is 3. The van der Waals surface area contributed by atoms with Crippen molar-refractivity contribution in [1.29, 1.82) is 0 Å². The van der Waals surface area contributed by atoms with E-state index in [0.717, 1.165) is 33.5 Å². The van der Waals surface area contributed by atoms with Gasteiger partial charge in [0, 0.05) is 10.9 Å². The fraction of sp³-hybridized carbons (Fsp3) is 0.400. The Hall–Kier alpha value is -2.75. The van der Waals surface area contributed by atoms with E-state index < -0.39 is 5.60 Å². The number of aromatic nitrogens is 1. The summed E-state index contributed by atoms with van der Waals surface area (Å²) in [7, 11) is 1.66. The number of fused-ring (bicyclic) bond motifs is 1. The molecular weight excluding hydrogens is 362 g/mol. The van der Waals surface area contributed by atoms with Crippen molar-refractivity contribution in [3.8, 4) is 17.0 Å². The normalized spacial score (nSPS) is 12.3. The minimum atomic E-state index is -0.584. The molecule has 0 N–H and O–H groups in total. The molecule has 154 valence electrons. The molecule has 2 aromatic carbocycles. The van der Waals surface area contributed by atoms with Crippen LogP contribution in [0.1, 0.15) is 52.7 Å². The van der Waals surface area contributed by atoms with E-state index in [2.05, 4.69) is 39.0 Å². The zero-order valence-corrected chi connectivity index (χ0v) is 18.7. The third-order valence-electron chi connectivity index (χ3n) is 5.03. The van der Waals surface area contributed by atoms with Gasteiger partial charge in [0.1, 0.15) is 11.4 Å². The molecule has 0 aliphatic carbocycles. The Balaban J connectivity index is 2.29. The molecule has 29 heavy (non-hydrogen) atoms. The fourth-order valence-corrected chi connectivity index (χ4v) is 3.49. The average molecular weight is 394 g/mol. The van der Waals surface area contributed by atoms with Gasteiger partial charge in [-0.3, -0.25) is 0 Å². The third-order valence-corrected chi connectivity index (χ3v) is 5.03. The predicted molar refractivity (Wildman–Crippen MR) is 119 cm³/mol. The van der Waals surface area contributed by atoms with Gasteiger partial charge in [-0.25, -0.2) is 9.36 Å². The summed E-state index contributed by atoms with van der Waals surface area (Å²) in [5, 5.41) is 0.978. The molecule has 0 saturated carbocycles. The van der Waals surface area contributed by atoms with Crippen LogP contribution >= 0.6 is 0 Å². The van der Waals surface area contributed by atoms with E-state index in [0.29, 0.717) is 0 Å². The number of rotatable bonds is 2. The van der Waals surface area contributed by atoms with Gasteiger partial charge in [-0.1, -0.05) is 39.0 Å². The molecule has 0 amide bonds. The molecule has 4 heteroatoms. The molecule has 0 unspecified atom stereocenters. The van der Waals surface area contributed by atoms with Gasteiger partial charge in [0.15, 0.2) is 0 Å². The van der Waals surface area contributed by atoms with Gasteiger partial charge in [-0.2, -0.15) is 0 Å². The van der Waals surface area contributed by atoms with Gasteiger partial charge in [-0.15, -0.1) is 0 Å². The van der Waals surface area contributed by atoms with E-state index >= 15 is 0 Å². The lowest BCUT2D eigenvalue weighted by Gasteiger charge is -2.22. The van der Waals surface area contributed by atoms with Crippen molar-refractivity contribution in [2.75, 3.05) is 7.11 Å². The first-order chi connectivity index (χ1) is 13.4. The standard InChI is InChI=1S/C25H31NO3/c1-16-19-15-21(17-10-9-11-18(14-17)24(2,3)4)26(23(27)29-25(5,6)7)20(19)12-13-22(16)28-8/h9-15H,1-8H3. The molecule has 0 aliphatic rings. The van der Waals surface area contributed by atoms with Crippen LogP contribution in [0.25, 0.3) is 22.2 Å². The second kappa shape index (κ2) is 7.25. The van der Waals surface area contributed by atoms with E-state index in [1.807, 2.05) is 52.0 Å². The molecule has 0 radical (unpaired) electrons. The Kier molecular flexibility index (Phi) is 5.24. The van der Waals surface area contributed by atoms with Crippen LogP contribution in [0.5, 0.6) is 5.75 Å². The van der Waals surface area contributed by atoms with Gasteiger partial charge in [0.05, 0.1) is 18.3 Å². The molecule has 4 nitrogen and oxygen atoms in total. The van der Waals surface area contributed by atoms with Crippen LogP contribution in [0.3, 0.4) is 0 Å². The monoisotopic (exact) mass is 393 g/mol. The van der Waals surface area contributed by atoms with Crippen LogP contribution in [0.2, 0.25) is 0 Å². The summed E-state index contributed by atoms with van der Waals surface area (Å²) in [5.41, 5.74) is 4.26. The first kappa shape index (κ1) is 21.0. The van der Waals surface area contributed by atoms with E-state index in [1.54, 1.807) is 11.7 Å². The largest absolute Gasteiger partial charge is 0.496 e. The van der Waals surface area contributed by atoms with Crippen LogP contribution in [0.4, 0.5) is 4.79 Å². The van der Waals surface area contributed by atoms with E-state index in [9.17, 15) is 4.79 Å². The molecule has 0 atom stereocenters. The Labute approximate surface area is 173 Å². The lowest BCUT2D eigenvalue weighted by atomic mass is 9.86. The van der Waals surface area contributed by atoms with Gasteiger partial charge in [0.25, 0.3) is 0 Å². The molecular formula is C25H31NO3. The quantitative estimate of drug-likeness (QED) is 0.486. The van der Waals surface area contributed by atoms with Crippen molar-refractivity contribution in [2.45, 2.75) is 59.5 Å². The Morgan fingerprint density at radius 2 is 1.66 bits per heavy atom. The molecule has 0 bridgehead atoms. The molecule has 1 heterocycles. The lowest BCUT2D eigenvalue weighted by molar-refractivity contribution is 0.0547. The summed E-state index contributed by atoms with van der Waals surface area (Å²) >= 11 is 0. The molecule has 0 aliphatic heterocycles. The maximum atomic E-state index is 13.2. The predicted octanol–water partition coefficient (Wildman–Crippen LogP) is 6.71. The van der Waals surface area contributed by atoms with Gasteiger partial charge in [-0.05, 0) is 68.5 Å². The van der Waals surface area contributed by atoms with Crippen LogP contribution in [-0.2, 0) is 10.2 Å². The van der Waals surface area contributed by atoms with Crippen molar-refractivity contribution >= 4 is 17.0 Å². The summed E-state index contributed by atoms with van der Waals surface area (Å²) in [6.45, 7) is 14.2. The highest BCUT2D eigenvalue weighted by atomic mass is 16.6. The maximum absolute atomic E-state index is 13.2. The molecule has 3 rings (SSSR count). The maximum Gasteiger partial charge on any atom is 0.419 e. The number of ether oxygens (including phenoxy) is 2. The van der Waals surface area contributed by atoms with Crippen molar-refractivity contribution in [2.24, 2.45) is 0 Å². The number of carbonyl (C=O) groups is 1. The third kappa shape index (κ3) is 4.16. The van der Waals surface area contributed by atoms with Gasteiger partial charge >= 0.3 is 6.09 Å². The van der Waals surface area contributed by atoms with E-state index in [-0.39, 0.29) is 11.5 Å². The number of methoxy groups -OCH3 is 1. The SMILES string of the molecule is COc1ccc2c(cc(-c3cccc(C(C)(C)C)c3)n2C(=O)OC(C)(C)C)c1C. The van der Waals surface area contributed by atoms with E-state index in [4.69, 9.17) is 9.47 Å². The van der Waals surface area contributed by atoms with Crippen molar-refractivity contribution in [3.05, 3.63) is 53.6 Å². The highest BCUT2D eigenvalue weighted by molar-refractivity contribution is 5.98. The number of nitrogens with zero attached hydrogens (tertiary/aromatic N) is 1. The first-order valence-electron chi connectivity index (χ1n) is 9.95. The van der Waals surface area contributed by atoms with Crippen molar-refractivity contribution < 1.29 is 14.3 Å². The highest BCUT2D eigenvalue weighted by Crippen LogP contribution is 2.36. The number of hydrogen-bond donors (Lipinski definition) is 0. The van der Waals surface area contributed by atoms with Crippen LogP contribution in [0.15, 0.2) is 42.5 Å². The van der Waals surface area contributed by atoms with Crippen molar-refractivity contribution in [1.82, 2.24) is 4.57 Å². The summed E-state index contributed by atoms with van der Waals surface area (Å²) in [6.07, 6.45) is -0.381. The van der Waals surface area contributed by atoms with Crippen molar-refractivity contribution in [3.63, 3.8) is 0 Å². The Bertz CT molecular complexity index is 1060. The second-order valence-corrected chi connectivity index (χ2v) is 9.50. The number of carbonyl (C=O) groups excluding carboxylic acids is 1. The summed E-state index contributed by atoms with van der Waals surface area (Å²) < 4.78 is 12.9. The molecule has 0 spiro atoms. The Morgan fingerprint density at radius 1 is 0.966 bits per heavy atom. The summed E-state index contributed by atoms with van der Waals surface area (Å²) in [4.78, 5) is 13.2. The molecule has 0 fully saturated rings. The second-order valence-electron chi connectivity index (χ2n) is 9.50. The van der Waals surface area contributed by atoms with E-state index in [1.165, 1.54) is 5.56 Å². The molecule has 1 aromatic heterocycles. The summed E-state index contributed by atoms with van der Waals surface area (Å²) in [6, 6.07) is 14.2. The van der Waals surface area contributed by atoms with Crippen LogP contribution in [0, 0.1) is 6.92 Å². The highest BCUT2D eigenvalue weighted by Gasteiger charge is 2.24. The number of benzene rings is 2. The Morgan fingerprint density at radius 3 is 2.24 bits per heavy atom. The average Bonchev–Trinajstić information content (AvgIpc) is 3.00. The number of aryl methyl sites for hydroxylation is 1. The minimum Gasteiger partial charge on any atom is -0.496 e.